The lowest BCUT2D eigenvalue weighted by Crippen LogP contribution is -2.52. The van der Waals surface area contributed by atoms with Crippen LogP contribution in [0.4, 0.5) is 9.59 Å². The van der Waals surface area contributed by atoms with Gasteiger partial charge >= 0.3 is 12.1 Å². The summed E-state index contributed by atoms with van der Waals surface area (Å²) in [5.74, 6) is 2.93. The summed E-state index contributed by atoms with van der Waals surface area (Å²) >= 11 is 0. The minimum absolute atomic E-state index is 0.0585. The molecule has 8 heteroatoms. The van der Waals surface area contributed by atoms with Crippen molar-refractivity contribution in [2.24, 2.45) is 29.1 Å². The standard InChI is InChI=1S/C30H46N4O4/c1-31-19-26(18-30-16-21-13-22(17-30)15-25(30)14-21)33-28(35)34-11-6-9-24(20-34)27(23-7-4-3-5-8-23)38-12-10-32-29(36)37-2/h3-5,7-8,21-22,24-27,31H,6,9-20H2,1-2H3,(H,32,36)(H,33,35). The molecule has 3 amide bonds. The molecule has 3 N–H and O–H groups in total. The number of piperidine rings is 1. The molecular formula is C30H46N4O4. The first kappa shape index (κ1) is 27.3. The molecule has 5 atom stereocenters. The Balaban J connectivity index is 1.20. The summed E-state index contributed by atoms with van der Waals surface area (Å²) in [7, 11) is 3.34. The fourth-order valence-corrected chi connectivity index (χ4v) is 8.48. The molecule has 0 spiro atoms. The summed E-state index contributed by atoms with van der Waals surface area (Å²) in [6.45, 7) is 3.02. The second-order valence-electron chi connectivity index (χ2n) is 12.3. The van der Waals surface area contributed by atoms with Crippen LogP contribution >= 0.6 is 0 Å². The van der Waals surface area contributed by atoms with Crippen LogP contribution in [0.2, 0.25) is 0 Å². The van der Waals surface area contributed by atoms with E-state index in [-0.39, 0.29) is 24.1 Å². The van der Waals surface area contributed by atoms with Crippen LogP contribution in [0, 0.1) is 29.1 Å². The molecule has 38 heavy (non-hydrogen) atoms. The number of methoxy groups -OCH3 is 1. The molecule has 5 unspecified atom stereocenters. The molecule has 0 radical (unpaired) electrons. The lowest BCUT2D eigenvalue weighted by Gasteiger charge is -2.39. The number of likely N-dealkylation sites (tertiary alicyclic amines) is 1. The Morgan fingerprint density at radius 1 is 1.13 bits per heavy atom. The van der Waals surface area contributed by atoms with Crippen molar-refractivity contribution in [3.63, 3.8) is 0 Å². The number of amides is 3. The molecule has 1 heterocycles. The van der Waals surface area contributed by atoms with Crippen molar-refractivity contribution < 1.29 is 19.1 Å². The van der Waals surface area contributed by atoms with Gasteiger partial charge in [0.05, 0.1) is 19.8 Å². The van der Waals surface area contributed by atoms with Crippen molar-refractivity contribution >= 4 is 12.1 Å². The quantitative estimate of drug-likeness (QED) is 0.374. The summed E-state index contributed by atoms with van der Waals surface area (Å²) in [5.41, 5.74) is 1.56. The van der Waals surface area contributed by atoms with E-state index < -0.39 is 6.09 Å². The van der Waals surface area contributed by atoms with Crippen LogP contribution in [-0.4, -0.2) is 70.0 Å². The number of carbonyl (C=O) groups is 2. The highest BCUT2D eigenvalue weighted by molar-refractivity contribution is 5.74. The van der Waals surface area contributed by atoms with Crippen molar-refractivity contribution in [3.8, 4) is 0 Å². The number of rotatable bonds is 11. The third kappa shape index (κ3) is 6.12. The molecular weight excluding hydrogens is 480 g/mol. The lowest BCUT2D eigenvalue weighted by molar-refractivity contribution is -0.00871. The summed E-state index contributed by atoms with van der Waals surface area (Å²) in [5, 5.41) is 9.48. The highest BCUT2D eigenvalue weighted by atomic mass is 16.5. The van der Waals surface area contributed by atoms with Gasteiger partial charge in [-0.3, -0.25) is 0 Å². The molecule has 1 aliphatic heterocycles. The van der Waals surface area contributed by atoms with Gasteiger partial charge in [0, 0.05) is 38.1 Å². The van der Waals surface area contributed by atoms with Gasteiger partial charge < -0.3 is 30.3 Å². The van der Waals surface area contributed by atoms with Gasteiger partial charge in [0.1, 0.15) is 0 Å². The van der Waals surface area contributed by atoms with Crippen LogP contribution in [0.5, 0.6) is 0 Å². The topological polar surface area (TPSA) is 91.9 Å². The Hall–Kier alpha value is -2.32. The summed E-state index contributed by atoms with van der Waals surface area (Å²) in [6, 6.07) is 10.4. The van der Waals surface area contributed by atoms with E-state index in [2.05, 4.69) is 32.8 Å². The first-order valence-electron chi connectivity index (χ1n) is 14.7. The Labute approximate surface area is 227 Å². The van der Waals surface area contributed by atoms with Crippen molar-refractivity contribution in [1.29, 1.82) is 0 Å². The zero-order valence-electron chi connectivity index (χ0n) is 23.1. The third-order valence-electron chi connectivity index (χ3n) is 9.75. The summed E-state index contributed by atoms with van der Waals surface area (Å²) in [4.78, 5) is 27.0. The maximum atomic E-state index is 13.6. The molecule has 5 aliphatic rings. The maximum absolute atomic E-state index is 13.6. The number of hydrogen-bond donors (Lipinski definition) is 3. The van der Waals surface area contributed by atoms with Crippen molar-refractivity contribution in [1.82, 2.24) is 20.9 Å². The van der Waals surface area contributed by atoms with E-state index in [1.54, 1.807) is 0 Å². The zero-order valence-corrected chi connectivity index (χ0v) is 23.1. The van der Waals surface area contributed by atoms with Gasteiger partial charge in [0.25, 0.3) is 0 Å². The van der Waals surface area contributed by atoms with Crippen LogP contribution in [-0.2, 0) is 9.47 Å². The van der Waals surface area contributed by atoms with Crippen LogP contribution in [0.25, 0.3) is 0 Å². The number of urea groups is 1. The minimum atomic E-state index is -0.459. The van der Waals surface area contributed by atoms with E-state index in [4.69, 9.17) is 4.74 Å². The van der Waals surface area contributed by atoms with Gasteiger partial charge in [-0.05, 0) is 87.1 Å². The molecule has 210 valence electrons. The number of ether oxygens (including phenoxy) is 2. The number of carbonyl (C=O) groups excluding carboxylic acids is 2. The number of likely N-dealkylation sites (N-methyl/N-ethyl adjacent to an activating group) is 1. The SMILES string of the molecule is CNCC(CC12CC3CC(CC1C3)C2)NC(=O)N1CCCC(C(OCCNC(=O)OC)c2ccccc2)C1. The number of nitrogens with zero attached hydrogens (tertiary/aromatic N) is 1. The summed E-state index contributed by atoms with van der Waals surface area (Å²) < 4.78 is 11.0. The monoisotopic (exact) mass is 526 g/mol. The van der Waals surface area contributed by atoms with Gasteiger partial charge in [-0.1, -0.05) is 30.3 Å². The Bertz CT molecular complexity index is 929. The van der Waals surface area contributed by atoms with E-state index in [1.165, 1.54) is 39.2 Å². The molecule has 1 saturated heterocycles. The molecule has 8 nitrogen and oxygen atoms in total. The average Bonchev–Trinajstić information content (AvgIpc) is 3.31. The second kappa shape index (κ2) is 12.2. The number of alkyl carbamates (subject to hydrolysis) is 1. The van der Waals surface area contributed by atoms with Crippen LogP contribution in [0.1, 0.15) is 63.0 Å². The molecule has 0 aromatic heterocycles. The van der Waals surface area contributed by atoms with Gasteiger partial charge in [-0.25, -0.2) is 9.59 Å². The second-order valence-corrected chi connectivity index (χ2v) is 12.3. The fraction of sp³-hybridized carbons (Fsp3) is 0.733. The van der Waals surface area contributed by atoms with Gasteiger partial charge in [-0.15, -0.1) is 0 Å². The van der Waals surface area contributed by atoms with Crippen molar-refractivity contribution in [2.45, 2.75) is 63.5 Å². The minimum Gasteiger partial charge on any atom is -0.453 e. The lowest BCUT2D eigenvalue weighted by atomic mass is 9.72. The molecule has 1 aromatic rings. The van der Waals surface area contributed by atoms with Gasteiger partial charge in [0.15, 0.2) is 0 Å². The largest absolute Gasteiger partial charge is 0.453 e. The molecule has 4 aliphatic carbocycles. The third-order valence-corrected chi connectivity index (χ3v) is 9.75. The predicted molar refractivity (Wildman–Crippen MR) is 147 cm³/mol. The maximum Gasteiger partial charge on any atom is 0.406 e. The first-order chi connectivity index (χ1) is 18.5. The summed E-state index contributed by atoms with van der Waals surface area (Å²) in [6.07, 6.45) is 9.49. The number of benzene rings is 1. The van der Waals surface area contributed by atoms with Crippen LogP contribution < -0.4 is 16.0 Å². The van der Waals surface area contributed by atoms with E-state index in [1.807, 2.05) is 30.1 Å². The predicted octanol–water partition coefficient (Wildman–Crippen LogP) is 4.33. The zero-order chi connectivity index (χ0) is 26.5. The van der Waals surface area contributed by atoms with Gasteiger partial charge in [-0.2, -0.15) is 0 Å². The van der Waals surface area contributed by atoms with Gasteiger partial charge in [0.2, 0.25) is 0 Å². The average molecular weight is 527 g/mol. The molecule has 4 saturated carbocycles. The van der Waals surface area contributed by atoms with Crippen LogP contribution in [0.15, 0.2) is 30.3 Å². The smallest absolute Gasteiger partial charge is 0.406 e. The normalized spacial score (nSPS) is 31.2. The number of nitrogens with one attached hydrogen (secondary N) is 3. The first-order valence-corrected chi connectivity index (χ1v) is 14.7. The fourth-order valence-electron chi connectivity index (χ4n) is 8.48. The molecule has 4 bridgehead atoms. The van der Waals surface area contributed by atoms with E-state index in [0.29, 0.717) is 25.1 Å². The Kier molecular flexibility index (Phi) is 8.78. The van der Waals surface area contributed by atoms with E-state index >= 15 is 0 Å². The van der Waals surface area contributed by atoms with Crippen molar-refractivity contribution in [2.75, 3.05) is 46.9 Å². The highest BCUT2D eigenvalue weighted by Crippen LogP contribution is 2.67. The highest BCUT2D eigenvalue weighted by Gasteiger charge is 2.57. The molecule has 5 fully saturated rings. The Morgan fingerprint density at radius 3 is 2.61 bits per heavy atom. The molecule has 6 rings (SSSR count). The van der Waals surface area contributed by atoms with Crippen LogP contribution in [0.3, 0.4) is 0 Å². The van der Waals surface area contributed by atoms with E-state index in [0.717, 1.165) is 55.7 Å². The molecule has 1 aromatic carbocycles. The van der Waals surface area contributed by atoms with Crippen molar-refractivity contribution in [3.05, 3.63) is 35.9 Å². The number of hydrogen-bond acceptors (Lipinski definition) is 5. The Morgan fingerprint density at radius 2 is 1.89 bits per heavy atom. The van der Waals surface area contributed by atoms with E-state index in [9.17, 15) is 9.59 Å².